The van der Waals surface area contributed by atoms with Crippen LogP contribution in [0.3, 0.4) is 0 Å². The fourth-order valence-electron chi connectivity index (χ4n) is 8.77. The monoisotopic (exact) mass is 314 g/mol. The zero-order valence-corrected chi connectivity index (χ0v) is 13.5. The molecule has 3 heteroatoms. The first-order valence-electron chi connectivity index (χ1n) is 9.73. The molecule has 124 valence electrons. The highest BCUT2D eigenvalue weighted by Gasteiger charge is 2.71. The second kappa shape index (κ2) is 4.41. The molecule has 6 aliphatic carbocycles. The minimum absolute atomic E-state index is 0.0165. The Balaban J connectivity index is 1.28. The van der Waals surface area contributed by atoms with Crippen molar-refractivity contribution in [1.29, 1.82) is 0 Å². The Hall–Kier alpha value is -0.830. The molecule has 6 bridgehead atoms. The van der Waals surface area contributed by atoms with Crippen molar-refractivity contribution in [3.8, 4) is 0 Å². The lowest BCUT2D eigenvalue weighted by Gasteiger charge is -2.45. The lowest BCUT2D eigenvalue weighted by Crippen LogP contribution is -2.43. The van der Waals surface area contributed by atoms with E-state index in [0.29, 0.717) is 5.92 Å². The van der Waals surface area contributed by atoms with Crippen LogP contribution < -0.4 is 0 Å². The van der Waals surface area contributed by atoms with Crippen molar-refractivity contribution in [1.82, 2.24) is 0 Å². The van der Waals surface area contributed by atoms with E-state index in [1.165, 1.54) is 19.3 Å². The largest absolute Gasteiger partial charge is 0.463 e. The molecule has 0 aromatic heterocycles. The van der Waals surface area contributed by atoms with Gasteiger partial charge in [-0.2, -0.15) is 0 Å². The summed E-state index contributed by atoms with van der Waals surface area (Å²) in [6.07, 6.45) is 10.3. The zero-order valence-electron chi connectivity index (χ0n) is 13.5. The highest BCUT2D eigenvalue weighted by molar-refractivity contribution is 5.73. The van der Waals surface area contributed by atoms with Gasteiger partial charge >= 0.3 is 5.97 Å². The van der Waals surface area contributed by atoms with Crippen molar-refractivity contribution in [3.05, 3.63) is 12.2 Å². The summed E-state index contributed by atoms with van der Waals surface area (Å²) in [5.74, 6) is 8.83. The second-order valence-electron chi connectivity index (χ2n) is 9.21. The Labute approximate surface area is 137 Å². The number of aliphatic hydroxyl groups is 1. The molecular formula is C20H26O3. The molecule has 5 fully saturated rings. The Morgan fingerprint density at radius 2 is 1.65 bits per heavy atom. The maximum Gasteiger partial charge on any atom is 0.309 e. The first-order valence-corrected chi connectivity index (χ1v) is 9.73. The van der Waals surface area contributed by atoms with Crippen LogP contribution in [-0.4, -0.2) is 24.3 Å². The number of carbonyl (C=O) groups excluding carboxylic acids is 1. The van der Waals surface area contributed by atoms with Crippen LogP contribution in [0.15, 0.2) is 12.2 Å². The van der Waals surface area contributed by atoms with Gasteiger partial charge in [0.2, 0.25) is 0 Å². The molecule has 0 aliphatic heterocycles. The van der Waals surface area contributed by atoms with E-state index < -0.39 is 0 Å². The molecule has 0 spiro atoms. The fraction of sp³-hybridized carbons (Fsp3) is 0.850. The molecule has 11 atom stereocenters. The molecule has 0 aromatic rings. The van der Waals surface area contributed by atoms with Gasteiger partial charge in [0.05, 0.1) is 12.5 Å². The second-order valence-corrected chi connectivity index (χ2v) is 9.21. The molecule has 3 nitrogen and oxygen atoms in total. The highest BCUT2D eigenvalue weighted by Crippen LogP contribution is 2.76. The van der Waals surface area contributed by atoms with E-state index in [-0.39, 0.29) is 25.1 Å². The van der Waals surface area contributed by atoms with Crippen molar-refractivity contribution in [2.24, 2.45) is 65.1 Å². The van der Waals surface area contributed by atoms with E-state index in [9.17, 15) is 4.79 Å². The summed E-state index contributed by atoms with van der Waals surface area (Å²) in [6, 6.07) is 0. The van der Waals surface area contributed by atoms with E-state index in [1.54, 1.807) is 0 Å². The Kier molecular flexibility index (Phi) is 2.58. The minimum Gasteiger partial charge on any atom is -0.463 e. The average Bonchev–Trinajstić information content (AvgIpc) is 3.36. The van der Waals surface area contributed by atoms with Crippen molar-refractivity contribution >= 4 is 5.97 Å². The maximum absolute atomic E-state index is 12.4. The lowest BCUT2D eigenvalue weighted by molar-refractivity contribution is -0.153. The third kappa shape index (κ3) is 1.49. The summed E-state index contributed by atoms with van der Waals surface area (Å²) in [4.78, 5) is 12.4. The molecule has 0 radical (unpaired) electrons. The van der Waals surface area contributed by atoms with Crippen LogP contribution in [-0.2, 0) is 9.53 Å². The Bertz CT molecular complexity index is 583. The molecule has 5 saturated carbocycles. The predicted molar refractivity (Wildman–Crippen MR) is 84.0 cm³/mol. The first kappa shape index (κ1) is 13.5. The van der Waals surface area contributed by atoms with E-state index in [2.05, 4.69) is 12.2 Å². The van der Waals surface area contributed by atoms with E-state index >= 15 is 0 Å². The number of carbonyl (C=O) groups is 1. The van der Waals surface area contributed by atoms with Gasteiger partial charge in [0.15, 0.2) is 0 Å². The maximum atomic E-state index is 12.4. The molecule has 6 rings (SSSR count). The number of esters is 1. The van der Waals surface area contributed by atoms with Crippen molar-refractivity contribution in [3.63, 3.8) is 0 Å². The molecule has 1 N–H and O–H groups in total. The third-order valence-electron chi connectivity index (χ3n) is 8.87. The van der Waals surface area contributed by atoms with Crippen LogP contribution >= 0.6 is 0 Å². The van der Waals surface area contributed by atoms with Gasteiger partial charge in [0.25, 0.3) is 0 Å². The van der Waals surface area contributed by atoms with Gasteiger partial charge in [-0.05, 0) is 84.9 Å². The SMILES string of the molecule is O=C(OCCO)C1CC2CC1C1C3CC(C4C5C=CC(C5)C34)C21. The van der Waals surface area contributed by atoms with Gasteiger partial charge < -0.3 is 9.84 Å². The van der Waals surface area contributed by atoms with Gasteiger partial charge in [0.1, 0.15) is 6.61 Å². The molecule has 0 saturated heterocycles. The normalized spacial score (nSPS) is 59.6. The summed E-state index contributed by atoms with van der Waals surface area (Å²) >= 11 is 0. The number of allylic oxidation sites excluding steroid dienone is 2. The van der Waals surface area contributed by atoms with Crippen LogP contribution in [0.4, 0.5) is 0 Å². The van der Waals surface area contributed by atoms with Gasteiger partial charge in [0, 0.05) is 0 Å². The summed E-state index contributed by atoms with van der Waals surface area (Å²) in [6.45, 7) is 0.120. The van der Waals surface area contributed by atoms with E-state index in [4.69, 9.17) is 9.84 Å². The molecule has 0 heterocycles. The molecule has 11 unspecified atom stereocenters. The summed E-state index contributed by atoms with van der Waals surface area (Å²) in [5, 5.41) is 8.91. The molecule has 0 amide bonds. The molecular weight excluding hydrogens is 288 g/mol. The number of ether oxygens (including phenoxy) is 1. The molecule has 0 aromatic carbocycles. The van der Waals surface area contributed by atoms with Crippen LogP contribution in [0.25, 0.3) is 0 Å². The van der Waals surface area contributed by atoms with Gasteiger partial charge in [-0.25, -0.2) is 0 Å². The number of hydrogen-bond donors (Lipinski definition) is 1. The zero-order chi connectivity index (χ0) is 15.3. The van der Waals surface area contributed by atoms with Crippen LogP contribution in [0, 0.1) is 65.1 Å². The summed E-state index contributed by atoms with van der Waals surface area (Å²) in [5.41, 5.74) is 0. The standard InChI is InChI=1S/C20H26O3/c21-3-4-23-20(22)13-7-11-6-12(13)19-15-8-14(18(11)19)16-9-1-2-10(5-9)17(15)16/h1-2,9-19,21H,3-8H2. The summed E-state index contributed by atoms with van der Waals surface area (Å²) < 4.78 is 5.29. The van der Waals surface area contributed by atoms with Crippen LogP contribution in [0.5, 0.6) is 0 Å². The average molecular weight is 314 g/mol. The van der Waals surface area contributed by atoms with Crippen LogP contribution in [0.2, 0.25) is 0 Å². The lowest BCUT2D eigenvalue weighted by atomic mass is 9.59. The number of fused-ring (bicyclic) bond motifs is 16. The molecule has 23 heavy (non-hydrogen) atoms. The number of aliphatic hydroxyl groups excluding tert-OH is 1. The smallest absolute Gasteiger partial charge is 0.309 e. The van der Waals surface area contributed by atoms with Gasteiger partial charge in [-0.15, -0.1) is 0 Å². The van der Waals surface area contributed by atoms with E-state index in [0.717, 1.165) is 59.7 Å². The fourth-order valence-corrected chi connectivity index (χ4v) is 8.77. The molecule has 6 aliphatic rings. The predicted octanol–water partition coefficient (Wildman–Crippen LogP) is 2.50. The van der Waals surface area contributed by atoms with Crippen molar-refractivity contribution in [2.45, 2.75) is 25.7 Å². The summed E-state index contributed by atoms with van der Waals surface area (Å²) in [7, 11) is 0. The van der Waals surface area contributed by atoms with E-state index in [1.807, 2.05) is 0 Å². The Morgan fingerprint density at radius 1 is 0.913 bits per heavy atom. The number of rotatable bonds is 3. The first-order chi connectivity index (χ1) is 11.3. The van der Waals surface area contributed by atoms with Crippen molar-refractivity contribution in [2.75, 3.05) is 13.2 Å². The van der Waals surface area contributed by atoms with Gasteiger partial charge in [-0.3, -0.25) is 4.79 Å². The number of hydrogen-bond acceptors (Lipinski definition) is 3. The van der Waals surface area contributed by atoms with Crippen molar-refractivity contribution < 1.29 is 14.6 Å². The van der Waals surface area contributed by atoms with Crippen LogP contribution in [0.1, 0.15) is 25.7 Å². The van der Waals surface area contributed by atoms with Gasteiger partial charge in [-0.1, -0.05) is 12.2 Å². The highest BCUT2D eigenvalue weighted by atomic mass is 16.5. The topological polar surface area (TPSA) is 46.5 Å². The third-order valence-corrected chi connectivity index (χ3v) is 8.87. The Morgan fingerprint density at radius 3 is 2.39 bits per heavy atom. The quantitative estimate of drug-likeness (QED) is 0.494. The minimum atomic E-state index is -0.0531.